The number of hydrogen-bond donors (Lipinski definition) is 0. The normalized spacial score (nSPS) is 11.6. The highest BCUT2D eigenvalue weighted by molar-refractivity contribution is 7.22. The van der Waals surface area contributed by atoms with Gasteiger partial charge in [0.15, 0.2) is 0 Å². The van der Waals surface area contributed by atoms with Crippen molar-refractivity contribution in [2.24, 2.45) is 0 Å². The second kappa shape index (κ2) is 8.60. The summed E-state index contributed by atoms with van der Waals surface area (Å²) < 4.78 is 4.65. The third-order valence-corrected chi connectivity index (χ3v) is 9.27. The Hall–Kier alpha value is -4.83. The topological polar surface area (TPSA) is 54.5 Å². The van der Waals surface area contributed by atoms with Crippen LogP contribution in [0.25, 0.3) is 69.1 Å². The minimum atomic E-state index is 0.643. The molecule has 0 amide bonds. The van der Waals surface area contributed by atoms with Gasteiger partial charge in [0, 0.05) is 27.6 Å². The lowest BCUT2D eigenvalue weighted by molar-refractivity contribution is 1.18. The van der Waals surface area contributed by atoms with Crippen molar-refractivity contribution in [1.82, 2.24) is 14.5 Å². The Morgan fingerprint density at radius 3 is 1.59 bits per heavy atom. The number of aromatic nitrogens is 3. The van der Waals surface area contributed by atoms with E-state index in [-0.39, 0.29) is 0 Å². The van der Waals surface area contributed by atoms with E-state index in [9.17, 15) is 5.26 Å². The maximum absolute atomic E-state index is 9.38. The van der Waals surface area contributed by atoms with Crippen molar-refractivity contribution in [2.45, 2.75) is 0 Å². The number of nitrogens with zero attached hydrogens (tertiary/aromatic N) is 4. The molecule has 0 radical (unpaired) electrons. The number of nitriles is 1. The van der Waals surface area contributed by atoms with Gasteiger partial charge in [-0.1, -0.05) is 48.5 Å². The minimum absolute atomic E-state index is 0.643. The molecule has 39 heavy (non-hydrogen) atoms. The predicted octanol–water partition coefficient (Wildman–Crippen LogP) is 9.21. The summed E-state index contributed by atoms with van der Waals surface area (Å²) in [7, 11) is 0. The number of rotatable bonds is 3. The van der Waals surface area contributed by atoms with Gasteiger partial charge < -0.3 is 4.57 Å². The maximum atomic E-state index is 9.38. The van der Waals surface area contributed by atoms with E-state index in [1.54, 1.807) is 22.7 Å². The maximum Gasteiger partial charge on any atom is 0.124 e. The molecule has 0 atom stereocenters. The molecule has 3 aromatic heterocycles. The molecule has 4 nitrogen and oxygen atoms in total. The molecule has 8 rings (SSSR count). The Labute approximate surface area is 231 Å². The minimum Gasteiger partial charge on any atom is -0.309 e. The van der Waals surface area contributed by atoms with Crippen molar-refractivity contribution in [3.05, 3.63) is 115 Å². The van der Waals surface area contributed by atoms with Crippen LogP contribution in [0.4, 0.5) is 0 Å². The first-order valence-corrected chi connectivity index (χ1v) is 14.2. The predicted molar refractivity (Wildman–Crippen MR) is 163 cm³/mol. The van der Waals surface area contributed by atoms with Crippen LogP contribution in [-0.2, 0) is 0 Å². The van der Waals surface area contributed by atoms with Crippen LogP contribution in [-0.4, -0.2) is 14.5 Å². The zero-order valence-electron chi connectivity index (χ0n) is 20.5. The van der Waals surface area contributed by atoms with Gasteiger partial charge in [-0.05, 0) is 60.7 Å². The Kier molecular flexibility index (Phi) is 4.89. The summed E-state index contributed by atoms with van der Waals surface area (Å²) >= 11 is 3.42. The highest BCUT2D eigenvalue weighted by Gasteiger charge is 2.17. The Balaban J connectivity index is 1.39. The summed E-state index contributed by atoms with van der Waals surface area (Å²) in [5.41, 5.74) is 8.08. The van der Waals surface area contributed by atoms with E-state index in [1.165, 1.54) is 20.2 Å². The summed E-state index contributed by atoms with van der Waals surface area (Å²) in [5, 5.41) is 13.7. The average Bonchev–Trinajstić information content (AvgIpc) is 3.70. The molecule has 182 valence electrons. The first-order chi connectivity index (χ1) is 19.2. The number of benzene rings is 5. The van der Waals surface area contributed by atoms with Crippen LogP contribution in [0.5, 0.6) is 0 Å². The van der Waals surface area contributed by atoms with Crippen molar-refractivity contribution in [2.75, 3.05) is 0 Å². The molecule has 0 unspecified atom stereocenters. The zero-order chi connectivity index (χ0) is 25.9. The zero-order valence-corrected chi connectivity index (χ0v) is 22.1. The number of hydrogen-bond acceptors (Lipinski definition) is 5. The number of para-hydroxylation sites is 2. The molecule has 0 bridgehead atoms. The van der Waals surface area contributed by atoms with Crippen LogP contribution in [0.1, 0.15) is 5.56 Å². The fraction of sp³-hybridized carbons (Fsp3) is 0. The summed E-state index contributed by atoms with van der Waals surface area (Å²) in [4.78, 5) is 9.82. The van der Waals surface area contributed by atoms with E-state index < -0.39 is 0 Å². The molecular weight excluding hydrogens is 517 g/mol. The van der Waals surface area contributed by atoms with Gasteiger partial charge in [-0.25, -0.2) is 9.97 Å². The SMILES string of the molecule is N#Cc1ccc(-n2c3cc(-c4nc5ccccc5s4)ccc3c3ccc(-c4nc5ccccc5s4)cc32)cc1. The van der Waals surface area contributed by atoms with Crippen LogP contribution in [0, 0.1) is 11.3 Å². The lowest BCUT2D eigenvalue weighted by atomic mass is 10.1. The molecule has 0 saturated carbocycles. The van der Waals surface area contributed by atoms with E-state index in [0.717, 1.165) is 48.9 Å². The lowest BCUT2D eigenvalue weighted by Crippen LogP contribution is -1.94. The van der Waals surface area contributed by atoms with Crippen molar-refractivity contribution in [3.8, 4) is 32.9 Å². The summed E-state index contributed by atoms with van der Waals surface area (Å²) in [6.07, 6.45) is 0. The molecular formula is C33H18N4S2. The van der Waals surface area contributed by atoms with E-state index in [4.69, 9.17) is 9.97 Å². The first-order valence-electron chi connectivity index (χ1n) is 12.6. The molecule has 0 spiro atoms. The molecule has 8 aromatic rings. The van der Waals surface area contributed by atoms with Gasteiger partial charge in [-0.15, -0.1) is 22.7 Å². The van der Waals surface area contributed by atoms with E-state index in [1.807, 2.05) is 36.4 Å². The molecule has 0 aliphatic rings. The van der Waals surface area contributed by atoms with Gasteiger partial charge >= 0.3 is 0 Å². The lowest BCUT2D eigenvalue weighted by Gasteiger charge is -2.09. The fourth-order valence-electron chi connectivity index (χ4n) is 5.24. The summed E-state index contributed by atoms with van der Waals surface area (Å²) in [5.74, 6) is 0. The molecule has 0 saturated heterocycles. The fourth-order valence-corrected chi connectivity index (χ4v) is 7.16. The van der Waals surface area contributed by atoms with Crippen LogP contribution >= 0.6 is 22.7 Å². The largest absolute Gasteiger partial charge is 0.309 e. The third kappa shape index (κ3) is 3.56. The summed E-state index contributed by atoms with van der Waals surface area (Å²) in [6.45, 7) is 0. The second-order valence-corrected chi connectivity index (χ2v) is 11.5. The third-order valence-electron chi connectivity index (χ3n) is 7.10. The van der Waals surface area contributed by atoms with Gasteiger partial charge in [-0.2, -0.15) is 5.26 Å². The molecule has 0 N–H and O–H groups in total. The first kappa shape index (κ1) is 22.2. The number of fused-ring (bicyclic) bond motifs is 5. The highest BCUT2D eigenvalue weighted by atomic mass is 32.1. The second-order valence-electron chi connectivity index (χ2n) is 9.43. The van der Waals surface area contributed by atoms with Crippen LogP contribution in [0.3, 0.4) is 0 Å². The standard InChI is InChI=1S/C33H18N4S2/c34-19-20-9-13-23(14-10-20)37-28-17-21(32-35-26-5-1-3-7-30(26)38-32)11-15-24(28)25-16-12-22(18-29(25)37)33-36-27-6-2-4-8-31(27)39-33/h1-18H. The van der Waals surface area contributed by atoms with E-state index >= 15 is 0 Å². The Morgan fingerprint density at radius 1 is 0.590 bits per heavy atom. The molecule has 0 aliphatic carbocycles. The van der Waals surface area contributed by atoms with Gasteiger partial charge in [0.1, 0.15) is 10.0 Å². The molecule has 6 heteroatoms. The van der Waals surface area contributed by atoms with Crippen molar-refractivity contribution < 1.29 is 0 Å². The molecule has 0 fully saturated rings. The number of thiazole rings is 2. The Bertz CT molecular complexity index is 2050. The van der Waals surface area contributed by atoms with E-state index in [2.05, 4.69) is 83.4 Å². The monoisotopic (exact) mass is 534 g/mol. The summed E-state index contributed by atoms with van der Waals surface area (Å²) in [6, 6.07) is 39.8. The van der Waals surface area contributed by atoms with Crippen LogP contribution in [0.2, 0.25) is 0 Å². The average molecular weight is 535 g/mol. The quantitative estimate of drug-likeness (QED) is 0.227. The van der Waals surface area contributed by atoms with Crippen LogP contribution < -0.4 is 0 Å². The van der Waals surface area contributed by atoms with E-state index in [0.29, 0.717) is 5.56 Å². The van der Waals surface area contributed by atoms with Crippen molar-refractivity contribution in [1.29, 1.82) is 5.26 Å². The highest BCUT2D eigenvalue weighted by Crippen LogP contribution is 2.39. The van der Waals surface area contributed by atoms with Crippen molar-refractivity contribution >= 4 is 64.9 Å². The van der Waals surface area contributed by atoms with Gasteiger partial charge in [0.2, 0.25) is 0 Å². The molecule has 0 aliphatic heterocycles. The van der Waals surface area contributed by atoms with Gasteiger partial charge in [-0.3, -0.25) is 0 Å². The molecule has 5 aromatic carbocycles. The smallest absolute Gasteiger partial charge is 0.124 e. The molecule has 3 heterocycles. The Morgan fingerprint density at radius 2 is 1.10 bits per heavy atom. The van der Waals surface area contributed by atoms with Crippen LogP contribution in [0.15, 0.2) is 109 Å². The van der Waals surface area contributed by atoms with Gasteiger partial charge in [0.05, 0.1) is 43.1 Å². The van der Waals surface area contributed by atoms with Crippen molar-refractivity contribution in [3.63, 3.8) is 0 Å². The van der Waals surface area contributed by atoms with Gasteiger partial charge in [0.25, 0.3) is 0 Å².